The molecule has 1 N–H and O–H groups in total. The summed E-state index contributed by atoms with van der Waals surface area (Å²) >= 11 is 0. The standard InChI is InChI=1S/C24H18F7N5O3/c25-16-3-7-19(20(26)9-16)22(37,12-36-14-33-34-35-36)24(30,31)21-8-6-18(10-32-21)38-11-15-1-4-17(5-2-15)39-13-23(27,28)29/h1-10,14,37H,11-13H2. The fraction of sp³-hybridized carbons (Fsp3) is 0.250. The van der Waals surface area contributed by atoms with Crippen molar-refractivity contribution in [2.75, 3.05) is 6.61 Å². The molecule has 0 bridgehead atoms. The smallest absolute Gasteiger partial charge is 0.422 e. The summed E-state index contributed by atoms with van der Waals surface area (Å²) in [5.41, 5.74) is -4.62. The minimum Gasteiger partial charge on any atom is -0.487 e. The van der Waals surface area contributed by atoms with Gasteiger partial charge in [0.25, 0.3) is 0 Å². The molecule has 1 atom stereocenters. The van der Waals surface area contributed by atoms with Crippen LogP contribution in [0.15, 0.2) is 67.1 Å². The second-order valence-electron chi connectivity index (χ2n) is 8.28. The van der Waals surface area contributed by atoms with Crippen molar-refractivity contribution in [2.24, 2.45) is 0 Å². The lowest BCUT2D eigenvalue weighted by Crippen LogP contribution is -2.48. The Morgan fingerprint density at radius 2 is 1.59 bits per heavy atom. The second kappa shape index (κ2) is 10.8. The van der Waals surface area contributed by atoms with Crippen molar-refractivity contribution < 1.29 is 45.3 Å². The van der Waals surface area contributed by atoms with E-state index in [4.69, 9.17) is 4.74 Å². The average Bonchev–Trinajstić information content (AvgIpc) is 3.39. The molecule has 2 aromatic carbocycles. The van der Waals surface area contributed by atoms with Crippen LogP contribution in [0.4, 0.5) is 30.7 Å². The van der Waals surface area contributed by atoms with E-state index in [9.17, 15) is 27.1 Å². The summed E-state index contributed by atoms with van der Waals surface area (Å²) in [6.45, 7) is -2.52. The quantitative estimate of drug-likeness (QED) is 0.286. The van der Waals surface area contributed by atoms with Crippen molar-refractivity contribution in [3.8, 4) is 11.5 Å². The molecule has 1 unspecified atom stereocenters. The van der Waals surface area contributed by atoms with Gasteiger partial charge in [-0.1, -0.05) is 12.1 Å². The first-order valence-electron chi connectivity index (χ1n) is 11.0. The third kappa shape index (κ3) is 6.42. The molecule has 0 saturated carbocycles. The summed E-state index contributed by atoms with van der Waals surface area (Å²) in [7, 11) is 0. The molecule has 0 radical (unpaired) electrons. The number of nitrogens with zero attached hydrogens (tertiary/aromatic N) is 5. The average molecular weight is 557 g/mol. The first-order chi connectivity index (χ1) is 18.4. The first-order valence-corrected chi connectivity index (χ1v) is 11.0. The van der Waals surface area contributed by atoms with Crippen molar-refractivity contribution in [1.82, 2.24) is 25.2 Å². The Bertz CT molecular complexity index is 1390. The zero-order valence-electron chi connectivity index (χ0n) is 19.6. The Balaban J connectivity index is 1.51. The second-order valence-corrected chi connectivity index (χ2v) is 8.28. The van der Waals surface area contributed by atoms with Gasteiger partial charge in [-0.05, 0) is 52.4 Å². The lowest BCUT2D eigenvalue weighted by atomic mass is 9.84. The van der Waals surface area contributed by atoms with Crippen molar-refractivity contribution >= 4 is 0 Å². The van der Waals surface area contributed by atoms with E-state index in [1.165, 1.54) is 24.3 Å². The van der Waals surface area contributed by atoms with Gasteiger partial charge < -0.3 is 14.6 Å². The zero-order valence-corrected chi connectivity index (χ0v) is 19.6. The number of tetrazole rings is 1. The topological polar surface area (TPSA) is 95.2 Å². The molecular weight excluding hydrogens is 539 g/mol. The van der Waals surface area contributed by atoms with Crippen LogP contribution in [0.3, 0.4) is 0 Å². The molecule has 15 heteroatoms. The molecule has 0 amide bonds. The minimum absolute atomic E-state index is 0.00363. The van der Waals surface area contributed by atoms with Gasteiger partial charge in [-0.15, -0.1) is 5.10 Å². The van der Waals surface area contributed by atoms with Gasteiger partial charge in [0, 0.05) is 11.6 Å². The van der Waals surface area contributed by atoms with E-state index < -0.39 is 53.7 Å². The number of rotatable bonds is 10. The molecule has 2 aromatic heterocycles. The molecule has 4 rings (SSSR count). The van der Waals surface area contributed by atoms with Crippen LogP contribution in [-0.4, -0.2) is 43.1 Å². The number of aromatic nitrogens is 5. The summed E-state index contributed by atoms with van der Waals surface area (Å²) in [5.74, 6) is -6.64. The highest BCUT2D eigenvalue weighted by atomic mass is 19.4. The Morgan fingerprint density at radius 1 is 0.872 bits per heavy atom. The van der Waals surface area contributed by atoms with Crippen molar-refractivity contribution in [3.05, 3.63) is 95.6 Å². The van der Waals surface area contributed by atoms with Crippen LogP contribution in [0.25, 0.3) is 0 Å². The number of hydrogen-bond acceptors (Lipinski definition) is 7. The predicted octanol–water partition coefficient (Wildman–Crippen LogP) is 4.55. The fourth-order valence-electron chi connectivity index (χ4n) is 3.54. The van der Waals surface area contributed by atoms with E-state index in [1.54, 1.807) is 0 Å². The first kappa shape index (κ1) is 27.8. The summed E-state index contributed by atoms with van der Waals surface area (Å²) in [6.07, 6.45) is -2.60. The molecule has 0 aliphatic carbocycles. The number of benzene rings is 2. The van der Waals surface area contributed by atoms with E-state index in [2.05, 4.69) is 25.2 Å². The van der Waals surface area contributed by atoms with E-state index in [-0.39, 0.29) is 18.1 Å². The molecule has 0 saturated heterocycles. The largest absolute Gasteiger partial charge is 0.487 e. The SMILES string of the molecule is OC(Cn1cnnn1)(c1ccc(F)cc1F)C(F)(F)c1ccc(OCc2ccc(OCC(F)(F)F)cc2)cn1. The molecule has 0 aliphatic heterocycles. The number of halogens is 7. The van der Waals surface area contributed by atoms with E-state index in [0.717, 1.165) is 35.4 Å². The number of alkyl halides is 5. The summed E-state index contributed by atoms with van der Waals surface area (Å²) < 4.78 is 107. The van der Waals surface area contributed by atoms with Crippen LogP contribution in [0.2, 0.25) is 0 Å². The zero-order chi connectivity index (χ0) is 28.3. The molecule has 39 heavy (non-hydrogen) atoms. The van der Waals surface area contributed by atoms with Crippen molar-refractivity contribution in [3.63, 3.8) is 0 Å². The van der Waals surface area contributed by atoms with E-state index in [1.807, 2.05) is 0 Å². The van der Waals surface area contributed by atoms with E-state index >= 15 is 8.78 Å². The van der Waals surface area contributed by atoms with E-state index in [0.29, 0.717) is 17.7 Å². The number of pyridine rings is 1. The maximum absolute atomic E-state index is 15.7. The van der Waals surface area contributed by atoms with Gasteiger partial charge in [-0.25, -0.2) is 13.5 Å². The summed E-state index contributed by atoms with van der Waals surface area (Å²) in [5, 5.41) is 21.2. The molecule has 2 heterocycles. The molecule has 8 nitrogen and oxygen atoms in total. The monoisotopic (exact) mass is 557 g/mol. The summed E-state index contributed by atoms with van der Waals surface area (Å²) in [6, 6.07) is 9.30. The van der Waals surface area contributed by atoms with Crippen LogP contribution in [0.1, 0.15) is 16.8 Å². The predicted molar refractivity (Wildman–Crippen MR) is 119 cm³/mol. The van der Waals surface area contributed by atoms with Gasteiger partial charge in [0.1, 0.15) is 41.8 Å². The molecular formula is C24H18F7N5O3. The third-order valence-electron chi connectivity index (χ3n) is 5.47. The van der Waals surface area contributed by atoms with Crippen LogP contribution in [-0.2, 0) is 24.7 Å². The normalized spacial score (nSPS) is 13.6. The van der Waals surface area contributed by atoms with Gasteiger partial charge in [0.05, 0.1) is 12.7 Å². The van der Waals surface area contributed by atoms with Gasteiger partial charge in [-0.2, -0.15) is 22.0 Å². The molecule has 0 fully saturated rings. The van der Waals surface area contributed by atoms with Crippen molar-refractivity contribution in [2.45, 2.75) is 30.9 Å². The van der Waals surface area contributed by atoms with Crippen LogP contribution >= 0.6 is 0 Å². The van der Waals surface area contributed by atoms with Crippen LogP contribution in [0.5, 0.6) is 11.5 Å². The maximum atomic E-state index is 15.7. The Hall–Kier alpha value is -4.27. The molecule has 0 aliphatic rings. The number of hydrogen-bond donors (Lipinski definition) is 1. The van der Waals surface area contributed by atoms with Gasteiger partial charge in [0.2, 0.25) is 0 Å². The number of aliphatic hydroxyl groups is 1. The summed E-state index contributed by atoms with van der Waals surface area (Å²) in [4.78, 5) is 3.67. The third-order valence-corrected chi connectivity index (χ3v) is 5.47. The lowest BCUT2D eigenvalue weighted by molar-refractivity contribution is -0.207. The minimum atomic E-state index is -4.48. The highest BCUT2D eigenvalue weighted by Crippen LogP contribution is 2.46. The van der Waals surface area contributed by atoms with Gasteiger partial charge >= 0.3 is 12.1 Å². The van der Waals surface area contributed by atoms with Crippen LogP contribution < -0.4 is 9.47 Å². The Kier molecular flexibility index (Phi) is 7.72. The molecule has 4 aromatic rings. The lowest BCUT2D eigenvalue weighted by Gasteiger charge is -2.35. The molecule has 206 valence electrons. The maximum Gasteiger partial charge on any atom is 0.422 e. The Labute approximate surface area is 215 Å². The highest BCUT2D eigenvalue weighted by Gasteiger charge is 2.58. The fourth-order valence-corrected chi connectivity index (χ4v) is 3.54. The molecule has 0 spiro atoms. The van der Waals surface area contributed by atoms with Gasteiger partial charge in [0.15, 0.2) is 12.2 Å². The van der Waals surface area contributed by atoms with Gasteiger partial charge in [-0.3, -0.25) is 4.98 Å². The highest BCUT2D eigenvalue weighted by molar-refractivity contribution is 5.33. The number of ether oxygens (including phenoxy) is 2. The van der Waals surface area contributed by atoms with Crippen molar-refractivity contribution in [1.29, 1.82) is 0 Å². The van der Waals surface area contributed by atoms with Crippen LogP contribution in [0, 0.1) is 11.6 Å². The Morgan fingerprint density at radius 3 is 2.18 bits per heavy atom.